The minimum absolute atomic E-state index is 0.244. The lowest BCUT2D eigenvalue weighted by molar-refractivity contribution is 0.753. The number of nitrogens with zero attached hydrogens (tertiary/aromatic N) is 2. The Kier molecular flexibility index (Phi) is 4.47. The van der Waals surface area contributed by atoms with Crippen LogP contribution in [0.15, 0.2) is 35.7 Å². The van der Waals surface area contributed by atoms with E-state index in [1.165, 1.54) is 4.88 Å². The Bertz CT molecular complexity index is 587. The molecule has 1 unspecified atom stereocenters. The summed E-state index contributed by atoms with van der Waals surface area (Å²) in [6.07, 6.45) is 0. The number of benzene rings is 1. The van der Waals surface area contributed by atoms with Gasteiger partial charge in [0.2, 0.25) is 0 Å². The van der Waals surface area contributed by atoms with Crippen molar-refractivity contribution in [3.63, 3.8) is 0 Å². The van der Waals surface area contributed by atoms with Gasteiger partial charge in [-0.05, 0) is 36.1 Å². The van der Waals surface area contributed by atoms with E-state index in [4.69, 9.17) is 11.6 Å². The second-order valence-corrected chi connectivity index (χ2v) is 5.65. The van der Waals surface area contributed by atoms with Crippen LogP contribution in [0.1, 0.15) is 29.0 Å². The van der Waals surface area contributed by atoms with E-state index >= 15 is 0 Å². The molecule has 2 rings (SSSR count). The number of thiophene rings is 1. The minimum atomic E-state index is 0.244. The SMILES string of the molecule is CC(c1cccs1)N(C)c1ccc(CCl)cc1C#N. The van der Waals surface area contributed by atoms with Gasteiger partial charge in [0.15, 0.2) is 0 Å². The molecule has 0 N–H and O–H groups in total. The normalized spacial score (nSPS) is 11.9. The lowest BCUT2D eigenvalue weighted by Gasteiger charge is -2.27. The molecule has 0 saturated carbocycles. The zero-order valence-corrected chi connectivity index (χ0v) is 12.5. The molecule has 0 aliphatic carbocycles. The first-order valence-electron chi connectivity index (χ1n) is 6.02. The first-order valence-corrected chi connectivity index (χ1v) is 7.44. The van der Waals surface area contributed by atoms with Crippen LogP contribution in [0.4, 0.5) is 5.69 Å². The number of hydrogen-bond acceptors (Lipinski definition) is 3. The summed E-state index contributed by atoms with van der Waals surface area (Å²) in [5.74, 6) is 0.430. The van der Waals surface area contributed by atoms with Gasteiger partial charge in [-0.2, -0.15) is 5.26 Å². The van der Waals surface area contributed by atoms with Gasteiger partial charge in [0.05, 0.1) is 17.3 Å². The third kappa shape index (κ3) is 2.91. The first-order chi connectivity index (χ1) is 9.17. The fraction of sp³-hybridized carbons (Fsp3) is 0.267. The van der Waals surface area contributed by atoms with Gasteiger partial charge in [-0.25, -0.2) is 0 Å². The summed E-state index contributed by atoms with van der Waals surface area (Å²) in [6, 6.07) is 12.5. The van der Waals surface area contributed by atoms with Gasteiger partial charge in [0, 0.05) is 17.8 Å². The van der Waals surface area contributed by atoms with Gasteiger partial charge in [0.25, 0.3) is 0 Å². The Morgan fingerprint density at radius 2 is 2.21 bits per heavy atom. The average Bonchev–Trinajstić information content (AvgIpc) is 2.99. The van der Waals surface area contributed by atoms with Gasteiger partial charge in [-0.15, -0.1) is 22.9 Å². The predicted octanol–water partition coefficient (Wildman–Crippen LogP) is 4.56. The monoisotopic (exact) mass is 290 g/mol. The van der Waals surface area contributed by atoms with Crippen LogP contribution in [0, 0.1) is 11.3 Å². The highest BCUT2D eigenvalue weighted by Crippen LogP contribution is 2.30. The maximum atomic E-state index is 9.28. The molecular formula is C15H15ClN2S. The molecule has 19 heavy (non-hydrogen) atoms. The number of nitriles is 1. The van der Waals surface area contributed by atoms with Crippen LogP contribution < -0.4 is 4.90 Å². The van der Waals surface area contributed by atoms with Gasteiger partial charge < -0.3 is 4.90 Å². The summed E-state index contributed by atoms with van der Waals surface area (Å²) < 4.78 is 0. The summed E-state index contributed by atoms with van der Waals surface area (Å²) in [6.45, 7) is 2.14. The van der Waals surface area contributed by atoms with E-state index in [9.17, 15) is 5.26 Å². The van der Waals surface area contributed by atoms with Crippen LogP contribution in [0.2, 0.25) is 0 Å². The van der Waals surface area contributed by atoms with Gasteiger partial charge in [-0.3, -0.25) is 0 Å². The lowest BCUT2D eigenvalue weighted by Crippen LogP contribution is -2.21. The Morgan fingerprint density at radius 3 is 2.79 bits per heavy atom. The maximum Gasteiger partial charge on any atom is 0.101 e. The maximum absolute atomic E-state index is 9.28. The van der Waals surface area contributed by atoms with Crippen LogP contribution >= 0.6 is 22.9 Å². The molecule has 0 bridgehead atoms. The number of hydrogen-bond donors (Lipinski definition) is 0. The zero-order valence-electron chi connectivity index (χ0n) is 10.9. The zero-order chi connectivity index (χ0) is 13.8. The summed E-state index contributed by atoms with van der Waals surface area (Å²) >= 11 is 7.54. The number of anilines is 1. The van der Waals surface area contributed by atoms with Crippen molar-refractivity contribution in [1.29, 1.82) is 5.26 Å². The third-order valence-electron chi connectivity index (χ3n) is 3.25. The van der Waals surface area contributed by atoms with Crippen molar-refractivity contribution in [3.8, 4) is 6.07 Å². The molecule has 0 fully saturated rings. The first kappa shape index (κ1) is 13.9. The minimum Gasteiger partial charge on any atom is -0.366 e. The fourth-order valence-electron chi connectivity index (χ4n) is 1.99. The van der Waals surface area contributed by atoms with Crippen molar-refractivity contribution in [3.05, 3.63) is 51.7 Å². The largest absolute Gasteiger partial charge is 0.366 e. The Balaban J connectivity index is 2.33. The summed E-state index contributed by atoms with van der Waals surface area (Å²) in [7, 11) is 2.01. The van der Waals surface area contributed by atoms with Crippen LogP contribution in [0.3, 0.4) is 0 Å². The highest BCUT2D eigenvalue weighted by Gasteiger charge is 2.16. The highest BCUT2D eigenvalue weighted by molar-refractivity contribution is 7.10. The van der Waals surface area contributed by atoms with Crippen molar-refractivity contribution < 1.29 is 0 Å². The Hall–Kier alpha value is -1.50. The van der Waals surface area contributed by atoms with Gasteiger partial charge in [0.1, 0.15) is 6.07 Å². The van der Waals surface area contributed by atoms with Crippen LogP contribution in [0.5, 0.6) is 0 Å². The number of alkyl halides is 1. The lowest BCUT2D eigenvalue weighted by atomic mass is 10.1. The van der Waals surface area contributed by atoms with Crippen LogP contribution in [0.25, 0.3) is 0 Å². The van der Waals surface area contributed by atoms with E-state index < -0.39 is 0 Å². The fourth-order valence-corrected chi connectivity index (χ4v) is 2.98. The summed E-state index contributed by atoms with van der Waals surface area (Å²) in [5.41, 5.74) is 2.58. The van der Waals surface area contributed by atoms with Gasteiger partial charge in [-0.1, -0.05) is 12.1 Å². The second-order valence-electron chi connectivity index (χ2n) is 4.40. The topological polar surface area (TPSA) is 27.0 Å². The molecule has 4 heteroatoms. The Morgan fingerprint density at radius 1 is 1.42 bits per heavy atom. The van der Waals surface area contributed by atoms with Crippen molar-refractivity contribution >= 4 is 28.6 Å². The highest BCUT2D eigenvalue weighted by atomic mass is 35.5. The molecule has 1 aromatic heterocycles. The molecule has 0 aliphatic heterocycles. The van der Waals surface area contributed by atoms with E-state index in [2.05, 4.69) is 29.3 Å². The standard InChI is InChI=1S/C15H15ClN2S/c1-11(15-4-3-7-19-15)18(2)14-6-5-12(9-16)8-13(14)10-17/h3-8,11H,9H2,1-2H3. The molecule has 2 aromatic rings. The number of halogens is 1. The molecule has 1 atom stereocenters. The molecule has 0 spiro atoms. The molecule has 98 valence electrons. The van der Waals surface area contributed by atoms with Crippen molar-refractivity contribution in [2.45, 2.75) is 18.8 Å². The predicted molar refractivity (Wildman–Crippen MR) is 81.9 cm³/mol. The quantitative estimate of drug-likeness (QED) is 0.772. The van der Waals surface area contributed by atoms with Crippen molar-refractivity contribution in [1.82, 2.24) is 0 Å². The van der Waals surface area contributed by atoms with E-state index in [-0.39, 0.29) is 6.04 Å². The summed E-state index contributed by atoms with van der Waals surface area (Å²) in [5, 5.41) is 11.4. The molecule has 0 aliphatic rings. The molecule has 0 saturated heterocycles. The Labute approximate surface area is 122 Å². The van der Waals surface area contributed by atoms with E-state index in [1.54, 1.807) is 11.3 Å². The molecular weight excluding hydrogens is 276 g/mol. The van der Waals surface area contributed by atoms with Gasteiger partial charge >= 0.3 is 0 Å². The molecule has 0 radical (unpaired) electrons. The molecule has 0 amide bonds. The van der Waals surface area contributed by atoms with Crippen molar-refractivity contribution in [2.75, 3.05) is 11.9 Å². The van der Waals surface area contributed by atoms with E-state index in [1.807, 2.05) is 31.3 Å². The third-order valence-corrected chi connectivity index (χ3v) is 4.60. The van der Waals surface area contributed by atoms with E-state index in [0.717, 1.165) is 11.3 Å². The number of rotatable bonds is 4. The van der Waals surface area contributed by atoms with Crippen LogP contribution in [-0.4, -0.2) is 7.05 Å². The second kappa shape index (κ2) is 6.10. The molecule has 1 heterocycles. The molecule has 1 aromatic carbocycles. The molecule has 2 nitrogen and oxygen atoms in total. The van der Waals surface area contributed by atoms with Crippen LogP contribution in [-0.2, 0) is 5.88 Å². The van der Waals surface area contributed by atoms with Crippen molar-refractivity contribution in [2.24, 2.45) is 0 Å². The average molecular weight is 291 g/mol. The summed E-state index contributed by atoms with van der Waals surface area (Å²) in [4.78, 5) is 3.41. The smallest absolute Gasteiger partial charge is 0.101 e. The van der Waals surface area contributed by atoms with E-state index in [0.29, 0.717) is 11.4 Å².